The highest BCUT2D eigenvalue weighted by molar-refractivity contribution is 9.10. The Kier molecular flexibility index (Phi) is 4.40. The zero-order chi connectivity index (χ0) is 16.4. The van der Waals surface area contributed by atoms with Gasteiger partial charge in [0, 0.05) is 10.7 Å². The van der Waals surface area contributed by atoms with Gasteiger partial charge in [-0.05, 0) is 46.3 Å². The minimum absolute atomic E-state index is 0.0406. The van der Waals surface area contributed by atoms with E-state index in [0.717, 1.165) is 6.07 Å². The van der Waals surface area contributed by atoms with Crippen LogP contribution in [0, 0.1) is 11.6 Å². The standard InChI is InChI=1S/C16H12BrF2N3O/c17-11-5-2-1-4-10(11)16(23)20-14-8-9-22(21-14)13-7-3-6-12(18)15(13)19/h1-9,14,21H,(H,20,23). The van der Waals surface area contributed by atoms with E-state index in [1.807, 2.05) is 6.07 Å². The van der Waals surface area contributed by atoms with E-state index in [1.165, 1.54) is 23.3 Å². The van der Waals surface area contributed by atoms with Crippen LogP contribution in [0.2, 0.25) is 0 Å². The number of anilines is 1. The fraction of sp³-hybridized carbons (Fsp3) is 0.0625. The summed E-state index contributed by atoms with van der Waals surface area (Å²) in [5.74, 6) is -2.18. The molecule has 0 aromatic heterocycles. The zero-order valence-electron chi connectivity index (χ0n) is 11.8. The quantitative estimate of drug-likeness (QED) is 0.859. The maximum atomic E-state index is 13.8. The lowest BCUT2D eigenvalue weighted by Gasteiger charge is -2.21. The summed E-state index contributed by atoms with van der Waals surface area (Å²) in [5.41, 5.74) is 3.39. The average Bonchev–Trinajstić information content (AvgIpc) is 2.98. The van der Waals surface area contributed by atoms with Gasteiger partial charge in [-0.25, -0.2) is 14.2 Å². The number of halogens is 3. The van der Waals surface area contributed by atoms with Crippen LogP contribution in [-0.2, 0) is 0 Å². The van der Waals surface area contributed by atoms with Gasteiger partial charge in [-0.15, -0.1) is 0 Å². The molecule has 1 aliphatic heterocycles. The van der Waals surface area contributed by atoms with Crippen LogP contribution in [0.3, 0.4) is 0 Å². The Labute approximate surface area is 139 Å². The molecule has 118 valence electrons. The monoisotopic (exact) mass is 379 g/mol. The third kappa shape index (κ3) is 3.25. The molecule has 0 bridgehead atoms. The van der Waals surface area contributed by atoms with Gasteiger partial charge < -0.3 is 5.32 Å². The molecule has 2 aromatic rings. The summed E-state index contributed by atoms with van der Waals surface area (Å²) >= 11 is 3.31. The van der Waals surface area contributed by atoms with Crippen LogP contribution in [0.4, 0.5) is 14.5 Å². The molecule has 0 saturated carbocycles. The highest BCUT2D eigenvalue weighted by atomic mass is 79.9. The predicted octanol–water partition coefficient (Wildman–Crippen LogP) is 3.32. The number of carbonyl (C=O) groups is 1. The summed E-state index contributed by atoms with van der Waals surface area (Å²) < 4.78 is 27.7. The lowest BCUT2D eigenvalue weighted by atomic mass is 10.2. The van der Waals surface area contributed by atoms with Crippen LogP contribution in [0.15, 0.2) is 59.2 Å². The van der Waals surface area contributed by atoms with Crippen LogP contribution >= 0.6 is 15.9 Å². The molecule has 3 rings (SSSR count). The summed E-state index contributed by atoms with van der Waals surface area (Å²) in [4.78, 5) is 12.2. The second-order valence-corrected chi connectivity index (χ2v) is 5.70. The molecule has 2 aromatic carbocycles. The molecule has 1 atom stereocenters. The Hall–Kier alpha value is -2.25. The highest BCUT2D eigenvalue weighted by Gasteiger charge is 2.22. The minimum Gasteiger partial charge on any atom is -0.332 e. The Morgan fingerprint density at radius 2 is 1.96 bits per heavy atom. The fourth-order valence-electron chi connectivity index (χ4n) is 2.18. The van der Waals surface area contributed by atoms with Gasteiger partial charge in [-0.1, -0.05) is 18.2 Å². The summed E-state index contributed by atoms with van der Waals surface area (Å²) in [6, 6.07) is 10.9. The molecule has 0 spiro atoms. The molecular formula is C16H12BrF2N3O. The summed E-state index contributed by atoms with van der Waals surface area (Å²) in [7, 11) is 0. The third-order valence-corrected chi connectivity index (χ3v) is 3.99. The van der Waals surface area contributed by atoms with Crippen molar-refractivity contribution >= 4 is 27.5 Å². The zero-order valence-corrected chi connectivity index (χ0v) is 13.3. The van der Waals surface area contributed by atoms with Crippen molar-refractivity contribution in [3.05, 3.63) is 76.4 Å². The van der Waals surface area contributed by atoms with E-state index in [0.29, 0.717) is 10.0 Å². The Balaban J connectivity index is 1.69. The topological polar surface area (TPSA) is 44.4 Å². The summed E-state index contributed by atoms with van der Waals surface area (Å²) in [6.07, 6.45) is 2.64. The molecule has 1 unspecified atom stereocenters. The number of hydrazine groups is 1. The highest BCUT2D eigenvalue weighted by Crippen LogP contribution is 2.22. The van der Waals surface area contributed by atoms with E-state index >= 15 is 0 Å². The molecule has 2 N–H and O–H groups in total. The van der Waals surface area contributed by atoms with Crippen molar-refractivity contribution in [2.24, 2.45) is 0 Å². The number of benzene rings is 2. The first-order valence-corrected chi connectivity index (χ1v) is 7.58. The van der Waals surface area contributed by atoms with E-state index in [2.05, 4.69) is 26.7 Å². The second kappa shape index (κ2) is 6.47. The first-order valence-electron chi connectivity index (χ1n) is 6.79. The number of carbonyl (C=O) groups excluding carboxylic acids is 1. The normalized spacial score (nSPS) is 16.7. The molecule has 1 amide bonds. The maximum Gasteiger partial charge on any atom is 0.253 e. The Morgan fingerprint density at radius 1 is 1.17 bits per heavy atom. The van der Waals surface area contributed by atoms with Gasteiger partial charge in [0.25, 0.3) is 5.91 Å². The first kappa shape index (κ1) is 15.6. The van der Waals surface area contributed by atoms with Crippen molar-refractivity contribution < 1.29 is 13.6 Å². The molecule has 1 heterocycles. The van der Waals surface area contributed by atoms with Crippen LogP contribution in [0.5, 0.6) is 0 Å². The number of amides is 1. The lowest BCUT2D eigenvalue weighted by Crippen LogP contribution is -2.46. The molecule has 0 aliphatic carbocycles. The SMILES string of the molecule is O=C(NC1C=CN(c2cccc(F)c2F)N1)c1ccccc1Br. The van der Waals surface area contributed by atoms with Crippen molar-refractivity contribution in [2.45, 2.75) is 6.17 Å². The van der Waals surface area contributed by atoms with E-state index in [1.54, 1.807) is 24.3 Å². The van der Waals surface area contributed by atoms with Crippen molar-refractivity contribution in [1.82, 2.24) is 10.7 Å². The molecule has 7 heteroatoms. The summed E-state index contributed by atoms with van der Waals surface area (Å²) in [6.45, 7) is 0. The van der Waals surface area contributed by atoms with E-state index in [-0.39, 0.29) is 11.6 Å². The number of nitrogens with zero attached hydrogens (tertiary/aromatic N) is 1. The molecule has 0 fully saturated rings. The average molecular weight is 380 g/mol. The van der Waals surface area contributed by atoms with Gasteiger partial charge in [0.05, 0.1) is 11.3 Å². The number of rotatable bonds is 3. The first-order chi connectivity index (χ1) is 11.1. The van der Waals surface area contributed by atoms with Crippen LogP contribution in [0.25, 0.3) is 0 Å². The van der Waals surface area contributed by atoms with Crippen molar-refractivity contribution in [3.63, 3.8) is 0 Å². The van der Waals surface area contributed by atoms with Crippen molar-refractivity contribution in [2.75, 3.05) is 5.01 Å². The predicted molar refractivity (Wildman–Crippen MR) is 86.5 cm³/mol. The molecule has 23 heavy (non-hydrogen) atoms. The van der Waals surface area contributed by atoms with Gasteiger partial charge in [0.1, 0.15) is 6.17 Å². The second-order valence-electron chi connectivity index (χ2n) is 4.84. The Bertz CT molecular complexity index is 782. The van der Waals surface area contributed by atoms with E-state index < -0.39 is 17.8 Å². The fourth-order valence-corrected chi connectivity index (χ4v) is 2.65. The maximum absolute atomic E-state index is 13.8. The largest absolute Gasteiger partial charge is 0.332 e. The molecule has 0 saturated heterocycles. The molecule has 4 nitrogen and oxygen atoms in total. The van der Waals surface area contributed by atoms with Crippen LogP contribution < -0.4 is 15.8 Å². The van der Waals surface area contributed by atoms with Gasteiger partial charge in [-0.2, -0.15) is 0 Å². The minimum atomic E-state index is -0.956. The van der Waals surface area contributed by atoms with Crippen LogP contribution in [0.1, 0.15) is 10.4 Å². The lowest BCUT2D eigenvalue weighted by molar-refractivity contribution is 0.0939. The molecule has 1 aliphatic rings. The molecular weight excluding hydrogens is 368 g/mol. The van der Waals surface area contributed by atoms with E-state index in [4.69, 9.17) is 0 Å². The van der Waals surface area contributed by atoms with Gasteiger partial charge >= 0.3 is 0 Å². The number of hydrogen-bond acceptors (Lipinski definition) is 3. The third-order valence-electron chi connectivity index (χ3n) is 3.30. The number of nitrogens with one attached hydrogen (secondary N) is 2. The Morgan fingerprint density at radius 3 is 2.74 bits per heavy atom. The van der Waals surface area contributed by atoms with Crippen molar-refractivity contribution in [3.8, 4) is 0 Å². The summed E-state index contributed by atoms with van der Waals surface area (Å²) in [5, 5.41) is 4.07. The van der Waals surface area contributed by atoms with Crippen molar-refractivity contribution in [1.29, 1.82) is 0 Å². The van der Waals surface area contributed by atoms with E-state index in [9.17, 15) is 13.6 Å². The van der Waals surface area contributed by atoms with Crippen LogP contribution in [-0.4, -0.2) is 12.1 Å². The van der Waals surface area contributed by atoms with Gasteiger partial charge in [0.15, 0.2) is 11.6 Å². The molecule has 0 radical (unpaired) electrons. The van der Waals surface area contributed by atoms with Gasteiger partial charge in [-0.3, -0.25) is 9.80 Å². The van der Waals surface area contributed by atoms with Gasteiger partial charge in [0.2, 0.25) is 0 Å². The number of hydrogen-bond donors (Lipinski definition) is 2. The smallest absolute Gasteiger partial charge is 0.253 e.